The molecule has 1 unspecified atom stereocenters. The van der Waals surface area contributed by atoms with Crippen molar-refractivity contribution in [1.82, 2.24) is 19.9 Å². The van der Waals surface area contributed by atoms with Crippen LogP contribution < -0.4 is 15.9 Å². The van der Waals surface area contributed by atoms with E-state index in [4.69, 9.17) is 10.6 Å². The number of nitrogens with one attached hydrogen (secondary N) is 1. The van der Waals surface area contributed by atoms with Gasteiger partial charge in [-0.05, 0) is 68.3 Å². The van der Waals surface area contributed by atoms with Gasteiger partial charge in [0.25, 0.3) is 0 Å². The van der Waals surface area contributed by atoms with Crippen LogP contribution in [0.3, 0.4) is 0 Å². The molecule has 4 aromatic rings. The number of hydrogen-bond donors (Lipinski definition) is 2. The number of ether oxygens (including phenoxy) is 1. The molecule has 0 aliphatic heterocycles. The van der Waals surface area contributed by atoms with Gasteiger partial charge in [0.15, 0.2) is 5.82 Å². The number of hydrogen-bond acceptors (Lipinski definition) is 7. The third-order valence-corrected chi connectivity index (χ3v) is 5.91. The minimum absolute atomic E-state index is 0.164. The second kappa shape index (κ2) is 9.27. The van der Waals surface area contributed by atoms with Gasteiger partial charge in [-0.25, -0.2) is 4.68 Å². The summed E-state index contributed by atoms with van der Waals surface area (Å²) in [7, 11) is 0. The molecule has 0 fully saturated rings. The van der Waals surface area contributed by atoms with E-state index in [1.165, 1.54) is 16.4 Å². The lowest BCUT2D eigenvalue weighted by Gasteiger charge is -2.13. The first-order chi connectivity index (χ1) is 15.4. The number of fused-ring (bicyclic) bond motifs is 1. The molecule has 2 aromatic heterocycles. The van der Waals surface area contributed by atoms with Crippen LogP contribution in [0.5, 0.6) is 5.75 Å². The molecule has 1 amide bonds. The summed E-state index contributed by atoms with van der Waals surface area (Å²) in [5.74, 6) is 7.21. The van der Waals surface area contributed by atoms with Gasteiger partial charge in [-0.1, -0.05) is 23.9 Å². The molecule has 8 nitrogen and oxygen atoms in total. The molecule has 0 bridgehead atoms. The van der Waals surface area contributed by atoms with Crippen molar-refractivity contribution in [2.75, 3.05) is 11.2 Å². The molecule has 32 heavy (non-hydrogen) atoms. The van der Waals surface area contributed by atoms with Crippen LogP contribution >= 0.6 is 11.8 Å². The summed E-state index contributed by atoms with van der Waals surface area (Å²) in [5, 5.41) is 12.1. The highest BCUT2D eigenvalue weighted by atomic mass is 32.2. The Morgan fingerprint density at radius 3 is 2.72 bits per heavy atom. The summed E-state index contributed by atoms with van der Waals surface area (Å²) in [4.78, 5) is 17.1. The first kappa shape index (κ1) is 21.6. The summed E-state index contributed by atoms with van der Waals surface area (Å²) < 4.78 is 7.18. The number of amides is 1. The van der Waals surface area contributed by atoms with Gasteiger partial charge in [0.2, 0.25) is 11.1 Å². The van der Waals surface area contributed by atoms with Gasteiger partial charge in [-0.2, -0.15) is 0 Å². The van der Waals surface area contributed by atoms with Crippen molar-refractivity contribution in [2.24, 2.45) is 0 Å². The van der Waals surface area contributed by atoms with Crippen LogP contribution in [0.15, 0.2) is 59.9 Å². The number of nitrogen functional groups attached to an aromatic ring is 1. The minimum Gasteiger partial charge on any atom is -0.486 e. The van der Waals surface area contributed by atoms with Crippen LogP contribution in [-0.4, -0.2) is 31.0 Å². The summed E-state index contributed by atoms with van der Waals surface area (Å²) in [6.45, 7) is 6.00. The molecule has 0 aliphatic carbocycles. The fraction of sp³-hybridized carbons (Fsp3) is 0.217. The van der Waals surface area contributed by atoms with Crippen LogP contribution in [0.25, 0.3) is 10.9 Å². The third-order valence-electron chi connectivity index (χ3n) is 4.85. The Morgan fingerprint density at radius 1 is 1.16 bits per heavy atom. The Morgan fingerprint density at radius 2 is 1.94 bits per heavy atom. The highest BCUT2D eigenvalue weighted by Crippen LogP contribution is 2.25. The zero-order valence-corrected chi connectivity index (χ0v) is 18.9. The smallest absolute Gasteiger partial charge is 0.237 e. The van der Waals surface area contributed by atoms with Gasteiger partial charge in [0, 0.05) is 11.6 Å². The summed E-state index contributed by atoms with van der Waals surface area (Å²) in [6, 6.07) is 15.4. The maximum absolute atomic E-state index is 12.8. The number of aryl methyl sites for hydroxylation is 2. The molecule has 0 spiro atoms. The molecule has 3 N–H and O–H groups in total. The van der Waals surface area contributed by atoms with E-state index in [-0.39, 0.29) is 12.5 Å². The number of benzene rings is 2. The molecular formula is C23H24N6O2S. The van der Waals surface area contributed by atoms with E-state index in [0.29, 0.717) is 16.7 Å². The molecule has 164 valence electrons. The summed E-state index contributed by atoms with van der Waals surface area (Å²) >= 11 is 1.23. The maximum atomic E-state index is 12.8. The second-order valence-electron chi connectivity index (χ2n) is 7.51. The fourth-order valence-electron chi connectivity index (χ4n) is 3.31. The van der Waals surface area contributed by atoms with Crippen molar-refractivity contribution in [3.8, 4) is 5.75 Å². The van der Waals surface area contributed by atoms with Crippen molar-refractivity contribution >= 4 is 34.3 Å². The number of nitrogens with zero attached hydrogens (tertiary/aromatic N) is 4. The molecule has 0 aliphatic rings. The standard InChI is InChI=1S/C23H24N6O2S/c1-14-10-15(2)12-17(11-14)31-13-21-27-28-23(29(21)24)32-16(3)22(30)26-20-8-4-7-19-18(20)6-5-9-25-19/h4-12,16H,13,24H2,1-3H3,(H,26,30). The van der Waals surface area contributed by atoms with E-state index in [1.807, 2.05) is 56.3 Å². The van der Waals surface area contributed by atoms with Gasteiger partial charge in [-0.3, -0.25) is 9.78 Å². The van der Waals surface area contributed by atoms with Crippen molar-refractivity contribution in [2.45, 2.75) is 37.8 Å². The Hall–Kier alpha value is -3.59. The molecule has 0 saturated heterocycles. The molecule has 0 radical (unpaired) electrons. The predicted molar refractivity (Wildman–Crippen MR) is 126 cm³/mol. The number of aromatic nitrogens is 4. The van der Waals surface area contributed by atoms with Crippen LogP contribution in [-0.2, 0) is 11.4 Å². The SMILES string of the molecule is Cc1cc(C)cc(OCc2nnc(SC(C)C(=O)Nc3cccc4ncccc34)n2N)c1. The molecule has 1 atom stereocenters. The zero-order valence-electron chi connectivity index (χ0n) is 18.1. The quantitative estimate of drug-likeness (QED) is 0.326. The Bertz CT molecular complexity index is 1250. The second-order valence-corrected chi connectivity index (χ2v) is 8.81. The average molecular weight is 449 g/mol. The van der Waals surface area contributed by atoms with E-state index in [2.05, 4.69) is 26.6 Å². The summed E-state index contributed by atoms with van der Waals surface area (Å²) in [5.41, 5.74) is 3.77. The maximum Gasteiger partial charge on any atom is 0.237 e. The van der Waals surface area contributed by atoms with E-state index in [1.54, 1.807) is 13.1 Å². The van der Waals surface area contributed by atoms with Crippen LogP contribution in [0.2, 0.25) is 0 Å². The van der Waals surface area contributed by atoms with Gasteiger partial charge in [-0.15, -0.1) is 10.2 Å². The zero-order chi connectivity index (χ0) is 22.7. The number of pyridine rings is 1. The predicted octanol–water partition coefficient (Wildman–Crippen LogP) is 3.86. The molecule has 2 heterocycles. The molecule has 9 heteroatoms. The lowest BCUT2D eigenvalue weighted by atomic mass is 10.1. The highest BCUT2D eigenvalue weighted by Gasteiger charge is 2.20. The average Bonchev–Trinajstić information content (AvgIpc) is 3.11. The van der Waals surface area contributed by atoms with Gasteiger partial charge in [0.1, 0.15) is 12.4 Å². The lowest BCUT2D eigenvalue weighted by molar-refractivity contribution is -0.115. The Balaban J connectivity index is 1.40. The minimum atomic E-state index is -0.443. The number of anilines is 1. The fourth-order valence-corrected chi connectivity index (χ4v) is 4.10. The monoisotopic (exact) mass is 448 g/mol. The van der Waals surface area contributed by atoms with E-state index in [0.717, 1.165) is 27.8 Å². The molecule has 4 rings (SSSR count). The molecule has 0 saturated carbocycles. The molecule has 2 aromatic carbocycles. The van der Waals surface area contributed by atoms with Gasteiger partial charge < -0.3 is 15.9 Å². The largest absolute Gasteiger partial charge is 0.486 e. The van der Waals surface area contributed by atoms with Crippen molar-refractivity contribution < 1.29 is 9.53 Å². The number of rotatable bonds is 7. The first-order valence-corrected chi connectivity index (χ1v) is 11.0. The van der Waals surface area contributed by atoms with Crippen molar-refractivity contribution in [3.63, 3.8) is 0 Å². The normalized spacial score (nSPS) is 12.0. The Kier molecular flexibility index (Phi) is 6.27. The van der Waals surface area contributed by atoms with Gasteiger partial charge >= 0.3 is 0 Å². The van der Waals surface area contributed by atoms with Crippen molar-refractivity contribution in [1.29, 1.82) is 0 Å². The van der Waals surface area contributed by atoms with E-state index in [9.17, 15) is 4.79 Å². The Labute approximate surface area is 190 Å². The highest BCUT2D eigenvalue weighted by molar-refractivity contribution is 8.00. The van der Waals surface area contributed by atoms with Crippen molar-refractivity contribution in [3.05, 3.63) is 71.7 Å². The van der Waals surface area contributed by atoms with Gasteiger partial charge in [0.05, 0.1) is 16.5 Å². The van der Waals surface area contributed by atoms with Crippen LogP contribution in [0, 0.1) is 13.8 Å². The first-order valence-electron chi connectivity index (χ1n) is 10.1. The van der Waals surface area contributed by atoms with Crippen LogP contribution in [0.4, 0.5) is 5.69 Å². The van der Waals surface area contributed by atoms with E-state index >= 15 is 0 Å². The number of carbonyl (C=O) groups excluding carboxylic acids is 1. The lowest BCUT2D eigenvalue weighted by Crippen LogP contribution is -2.24. The third kappa shape index (κ3) is 4.83. The van der Waals surface area contributed by atoms with Crippen LogP contribution in [0.1, 0.15) is 23.9 Å². The number of thioether (sulfide) groups is 1. The number of nitrogens with two attached hydrogens (primary N) is 1. The number of carbonyl (C=O) groups is 1. The van der Waals surface area contributed by atoms with E-state index < -0.39 is 5.25 Å². The topological polar surface area (TPSA) is 108 Å². The summed E-state index contributed by atoms with van der Waals surface area (Å²) in [6.07, 6.45) is 1.72. The molecular weight excluding hydrogens is 424 g/mol.